The van der Waals surface area contributed by atoms with E-state index < -0.39 is 34.5 Å². The molecule has 1 aromatic carbocycles. The third-order valence-corrected chi connectivity index (χ3v) is 2.97. The second-order valence-corrected chi connectivity index (χ2v) is 4.47. The zero-order valence-corrected chi connectivity index (χ0v) is 12.7. The highest BCUT2D eigenvalue weighted by Crippen LogP contribution is 2.26. The van der Waals surface area contributed by atoms with Gasteiger partial charge in [-0.05, 0) is 13.0 Å². The second kappa shape index (κ2) is 6.78. The Labute approximate surface area is 135 Å². The molecule has 0 atom stereocenters. The van der Waals surface area contributed by atoms with E-state index >= 15 is 0 Å². The summed E-state index contributed by atoms with van der Waals surface area (Å²) >= 11 is 0. The van der Waals surface area contributed by atoms with E-state index in [1.807, 2.05) is 0 Å². The Hall–Kier alpha value is -3.41. The molecule has 24 heavy (non-hydrogen) atoms. The molecular weight excluding hydrogens is 321 g/mol. The lowest BCUT2D eigenvalue weighted by Gasteiger charge is -2.12. The van der Waals surface area contributed by atoms with Gasteiger partial charge < -0.3 is 14.6 Å². The number of benzene rings is 1. The molecule has 1 aromatic heterocycles. The summed E-state index contributed by atoms with van der Waals surface area (Å²) in [5.41, 5.74) is -1.87. The highest BCUT2D eigenvalue weighted by atomic mass is 19.1. The lowest BCUT2D eigenvalue weighted by molar-refractivity contribution is 0.0513. The molecule has 124 valence electrons. The zero-order valence-electron chi connectivity index (χ0n) is 12.7. The first-order valence-corrected chi connectivity index (χ1v) is 6.71. The van der Waals surface area contributed by atoms with Gasteiger partial charge in [-0.25, -0.2) is 9.18 Å². The van der Waals surface area contributed by atoms with Crippen LogP contribution in [0.15, 0.2) is 23.0 Å². The van der Waals surface area contributed by atoms with Gasteiger partial charge in [-0.15, -0.1) is 0 Å². The molecule has 9 heteroatoms. The van der Waals surface area contributed by atoms with Gasteiger partial charge >= 0.3 is 5.97 Å². The molecule has 2 aromatic rings. The van der Waals surface area contributed by atoms with Crippen molar-refractivity contribution in [3.8, 4) is 23.3 Å². The first-order valence-electron chi connectivity index (χ1n) is 6.71. The summed E-state index contributed by atoms with van der Waals surface area (Å²) < 4.78 is 24.6. The minimum absolute atomic E-state index is 0.0215. The van der Waals surface area contributed by atoms with Crippen molar-refractivity contribution in [1.82, 2.24) is 9.78 Å². The van der Waals surface area contributed by atoms with Crippen molar-refractivity contribution in [2.24, 2.45) is 0 Å². The van der Waals surface area contributed by atoms with E-state index in [4.69, 9.17) is 14.7 Å². The maximum Gasteiger partial charge on any atom is 0.362 e. The fourth-order valence-electron chi connectivity index (χ4n) is 1.95. The second-order valence-electron chi connectivity index (χ2n) is 4.47. The van der Waals surface area contributed by atoms with Gasteiger partial charge in [0.15, 0.2) is 11.6 Å². The smallest absolute Gasteiger partial charge is 0.362 e. The number of rotatable bonds is 4. The van der Waals surface area contributed by atoms with E-state index in [2.05, 4.69) is 5.10 Å². The summed E-state index contributed by atoms with van der Waals surface area (Å²) in [6.07, 6.45) is 0. The van der Waals surface area contributed by atoms with E-state index in [-0.39, 0.29) is 17.9 Å². The molecule has 0 fully saturated rings. The van der Waals surface area contributed by atoms with Crippen molar-refractivity contribution in [2.45, 2.75) is 6.92 Å². The molecule has 0 aliphatic carbocycles. The number of hydrogen-bond acceptors (Lipinski definition) is 7. The van der Waals surface area contributed by atoms with Gasteiger partial charge in [-0.2, -0.15) is 15.0 Å². The van der Waals surface area contributed by atoms with Gasteiger partial charge in [0, 0.05) is 12.1 Å². The Morgan fingerprint density at radius 1 is 1.46 bits per heavy atom. The van der Waals surface area contributed by atoms with Crippen LogP contribution in [-0.4, -0.2) is 34.6 Å². The van der Waals surface area contributed by atoms with Crippen molar-refractivity contribution >= 4 is 5.97 Å². The van der Waals surface area contributed by atoms with E-state index in [9.17, 15) is 19.1 Å². The maximum absolute atomic E-state index is 14.3. The number of halogens is 1. The minimum Gasteiger partial charge on any atom is -0.505 e. The summed E-state index contributed by atoms with van der Waals surface area (Å²) in [4.78, 5) is 23.8. The summed E-state index contributed by atoms with van der Waals surface area (Å²) in [5.74, 6) is -2.76. The zero-order chi connectivity index (χ0) is 17.9. The standard InChI is InChI=1S/C15H12FN3O5/c1-3-24-15(22)13-10(20)6-12(21)19(18-13)14-9(16)4-8(7-17)5-11(14)23-2/h4-6,20H,3H2,1-2H3. The number of ether oxygens (including phenoxy) is 2. The van der Waals surface area contributed by atoms with Crippen LogP contribution < -0.4 is 10.3 Å². The molecule has 0 aliphatic rings. The van der Waals surface area contributed by atoms with Crippen LogP contribution >= 0.6 is 0 Å². The van der Waals surface area contributed by atoms with E-state index in [1.165, 1.54) is 13.2 Å². The Kier molecular flexibility index (Phi) is 4.79. The third kappa shape index (κ3) is 3.03. The van der Waals surface area contributed by atoms with Crippen LogP contribution in [0.1, 0.15) is 23.0 Å². The fraction of sp³-hybridized carbons (Fsp3) is 0.200. The molecular formula is C15H12FN3O5. The number of aromatic hydroxyl groups is 1. The molecule has 1 heterocycles. The molecule has 0 aliphatic heterocycles. The molecule has 0 radical (unpaired) electrons. The van der Waals surface area contributed by atoms with Crippen LogP contribution in [0.5, 0.6) is 11.5 Å². The summed E-state index contributed by atoms with van der Waals surface area (Å²) in [5, 5.41) is 22.2. The molecule has 0 bridgehead atoms. The van der Waals surface area contributed by atoms with Gasteiger partial charge in [0.25, 0.3) is 5.56 Å². The van der Waals surface area contributed by atoms with Crippen LogP contribution in [0.3, 0.4) is 0 Å². The lowest BCUT2D eigenvalue weighted by Crippen LogP contribution is -2.25. The maximum atomic E-state index is 14.3. The molecule has 8 nitrogen and oxygen atoms in total. The fourth-order valence-corrected chi connectivity index (χ4v) is 1.95. The number of methoxy groups -OCH3 is 1. The predicted octanol–water partition coefficient (Wildman–Crippen LogP) is 1.13. The molecule has 0 amide bonds. The Bertz CT molecular complexity index is 901. The first-order chi connectivity index (χ1) is 11.4. The summed E-state index contributed by atoms with van der Waals surface area (Å²) in [6.45, 7) is 1.57. The van der Waals surface area contributed by atoms with Gasteiger partial charge in [0.05, 0.1) is 25.3 Å². The first kappa shape index (κ1) is 17.0. The minimum atomic E-state index is -0.975. The largest absolute Gasteiger partial charge is 0.505 e. The van der Waals surface area contributed by atoms with Crippen molar-refractivity contribution in [3.63, 3.8) is 0 Å². The Morgan fingerprint density at radius 2 is 2.17 bits per heavy atom. The average Bonchev–Trinajstić information content (AvgIpc) is 2.55. The molecule has 0 unspecified atom stereocenters. The molecule has 1 N–H and O–H groups in total. The molecule has 2 rings (SSSR count). The molecule has 0 saturated heterocycles. The quantitative estimate of drug-likeness (QED) is 0.834. The molecule has 0 spiro atoms. The van der Waals surface area contributed by atoms with E-state index in [1.54, 1.807) is 13.0 Å². The lowest BCUT2D eigenvalue weighted by atomic mass is 10.2. The highest BCUT2D eigenvalue weighted by molar-refractivity contribution is 5.89. The van der Waals surface area contributed by atoms with Crippen LogP contribution in [0.4, 0.5) is 4.39 Å². The van der Waals surface area contributed by atoms with Gasteiger partial charge in [0.1, 0.15) is 11.4 Å². The Morgan fingerprint density at radius 3 is 2.75 bits per heavy atom. The number of esters is 1. The third-order valence-electron chi connectivity index (χ3n) is 2.97. The van der Waals surface area contributed by atoms with Gasteiger partial charge in [-0.1, -0.05) is 0 Å². The monoisotopic (exact) mass is 333 g/mol. The number of nitriles is 1. The van der Waals surface area contributed by atoms with Gasteiger partial charge in [0.2, 0.25) is 5.69 Å². The van der Waals surface area contributed by atoms with Crippen molar-refractivity contribution in [2.75, 3.05) is 13.7 Å². The van der Waals surface area contributed by atoms with Crippen LogP contribution in [0.2, 0.25) is 0 Å². The predicted molar refractivity (Wildman–Crippen MR) is 78.7 cm³/mol. The summed E-state index contributed by atoms with van der Waals surface area (Å²) in [6, 6.07) is 4.56. The number of aromatic nitrogens is 2. The summed E-state index contributed by atoms with van der Waals surface area (Å²) in [7, 11) is 1.22. The van der Waals surface area contributed by atoms with Crippen molar-refractivity contribution < 1.29 is 23.8 Å². The van der Waals surface area contributed by atoms with Gasteiger partial charge in [-0.3, -0.25) is 4.79 Å². The number of carbonyl (C=O) groups is 1. The topological polar surface area (TPSA) is 114 Å². The normalized spacial score (nSPS) is 10.1. The van der Waals surface area contributed by atoms with E-state index in [0.717, 1.165) is 6.07 Å². The van der Waals surface area contributed by atoms with Crippen LogP contribution in [0.25, 0.3) is 5.69 Å². The molecule has 0 saturated carbocycles. The number of nitrogens with zero attached hydrogens (tertiary/aromatic N) is 3. The van der Waals surface area contributed by atoms with Crippen molar-refractivity contribution in [3.05, 3.63) is 45.6 Å². The number of carbonyl (C=O) groups excluding carboxylic acids is 1. The van der Waals surface area contributed by atoms with Crippen molar-refractivity contribution in [1.29, 1.82) is 5.26 Å². The van der Waals surface area contributed by atoms with Crippen LogP contribution in [0, 0.1) is 17.1 Å². The highest BCUT2D eigenvalue weighted by Gasteiger charge is 2.22. The average molecular weight is 333 g/mol. The Balaban J connectivity index is 2.74. The van der Waals surface area contributed by atoms with Crippen LogP contribution in [-0.2, 0) is 4.74 Å². The SMILES string of the molecule is CCOC(=O)c1nn(-c2c(F)cc(C#N)cc2OC)c(=O)cc1O. The van der Waals surface area contributed by atoms with E-state index in [0.29, 0.717) is 10.7 Å². The number of hydrogen-bond donors (Lipinski definition) is 1.